The van der Waals surface area contributed by atoms with Crippen LogP contribution in [0.5, 0.6) is 5.75 Å². The highest BCUT2D eigenvalue weighted by Gasteiger charge is 2.21. The van der Waals surface area contributed by atoms with Crippen LogP contribution in [0.25, 0.3) is 0 Å². The molecule has 0 spiro atoms. The monoisotopic (exact) mass is 382 g/mol. The average Bonchev–Trinajstić information content (AvgIpc) is 2.69. The lowest BCUT2D eigenvalue weighted by Crippen LogP contribution is -2.45. The number of rotatable bonds is 9. The summed E-state index contributed by atoms with van der Waals surface area (Å²) in [6.45, 7) is 6.58. The first kappa shape index (κ1) is 21.5. The summed E-state index contributed by atoms with van der Waals surface area (Å²) in [6, 6.07) is 17.7. The molecule has 0 saturated heterocycles. The van der Waals surface area contributed by atoms with E-state index in [2.05, 4.69) is 0 Å². The smallest absolute Gasteiger partial charge is 0.242 e. The molecule has 0 saturated carbocycles. The van der Waals surface area contributed by atoms with Crippen LogP contribution in [0.3, 0.4) is 0 Å². The lowest BCUT2D eigenvalue weighted by Gasteiger charge is -2.30. The van der Waals surface area contributed by atoms with Crippen LogP contribution >= 0.6 is 0 Å². The van der Waals surface area contributed by atoms with Gasteiger partial charge in [-0.15, -0.1) is 0 Å². The van der Waals surface area contributed by atoms with Gasteiger partial charge in [0, 0.05) is 26.1 Å². The molecule has 0 heterocycles. The highest BCUT2D eigenvalue weighted by molar-refractivity contribution is 5.84. The van der Waals surface area contributed by atoms with E-state index in [4.69, 9.17) is 4.74 Å². The first-order valence-electron chi connectivity index (χ1n) is 9.63. The zero-order valence-corrected chi connectivity index (χ0v) is 17.2. The Morgan fingerprint density at radius 1 is 1.00 bits per heavy atom. The van der Waals surface area contributed by atoms with Crippen molar-refractivity contribution in [2.45, 2.75) is 39.8 Å². The Labute approximate surface area is 167 Å². The van der Waals surface area contributed by atoms with Gasteiger partial charge in [0.1, 0.15) is 5.75 Å². The molecular formula is C23H30N2O3. The van der Waals surface area contributed by atoms with Crippen LogP contribution in [0.15, 0.2) is 54.6 Å². The molecule has 2 rings (SSSR count). The predicted octanol–water partition coefficient (Wildman–Crippen LogP) is 3.52. The molecule has 0 unspecified atom stereocenters. The normalized spacial score (nSPS) is 10.6. The summed E-state index contributed by atoms with van der Waals surface area (Å²) in [6.07, 6.45) is 0.636. The van der Waals surface area contributed by atoms with E-state index in [1.54, 1.807) is 12.0 Å². The lowest BCUT2D eigenvalue weighted by atomic mass is 10.1. The van der Waals surface area contributed by atoms with Crippen molar-refractivity contribution in [1.29, 1.82) is 0 Å². The minimum atomic E-state index is -0.105. The molecule has 5 heteroatoms. The second kappa shape index (κ2) is 10.5. The van der Waals surface area contributed by atoms with Crippen LogP contribution in [0.2, 0.25) is 0 Å². The van der Waals surface area contributed by atoms with Crippen LogP contribution in [-0.2, 0) is 22.6 Å². The second-order valence-electron chi connectivity index (χ2n) is 7.10. The largest absolute Gasteiger partial charge is 0.496 e. The van der Waals surface area contributed by atoms with Gasteiger partial charge >= 0.3 is 0 Å². The van der Waals surface area contributed by atoms with Crippen molar-refractivity contribution in [2.75, 3.05) is 20.2 Å². The van der Waals surface area contributed by atoms with E-state index in [-0.39, 0.29) is 24.4 Å². The number of hydrogen-bond donors (Lipinski definition) is 0. The van der Waals surface area contributed by atoms with E-state index in [1.807, 2.05) is 73.3 Å². The Bertz CT molecular complexity index is 774. The standard InChI is InChI=1S/C23H30N2O3/c1-18(2)25(16-20-10-6-5-7-11-20)23(27)17-24(19(3)26)15-14-21-12-8-9-13-22(21)28-4/h5-13,18H,14-17H2,1-4H3. The molecule has 2 aromatic rings. The summed E-state index contributed by atoms with van der Waals surface area (Å²) in [4.78, 5) is 28.5. The third-order valence-corrected chi connectivity index (χ3v) is 4.75. The molecule has 0 aliphatic carbocycles. The fourth-order valence-corrected chi connectivity index (χ4v) is 3.11. The maximum Gasteiger partial charge on any atom is 0.242 e. The summed E-state index contributed by atoms with van der Waals surface area (Å²) in [7, 11) is 1.63. The van der Waals surface area contributed by atoms with Crippen LogP contribution in [0, 0.1) is 0 Å². The van der Waals surface area contributed by atoms with E-state index < -0.39 is 0 Å². The molecule has 150 valence electrons. The maximum absolute atomic E-state index is 12.9. The molecule has 2 aromatic carbocycles. The molecule has 0 aromatic heterocycles. The zero-order valence-electron chi connectivity index (χ0n) is 17.2. The Kier molecular flexibility index (Phi) is 8.05. The number of carbonyl (C=O) groups is 2. The predicted molar refractivity (Wildman–Crippen MR) is 111 cm³/mol. The molecule has 0 bridgehead atoms. The van der Waals surface area contributed by atoms with Crippen LogP contribution in [-0.4, -0.2) is 47.9 Å². The number of benzene rings is 2. The van der Waals surface area contributed by atoms with Crippen molar-refractivity contribution in [2.24, 2.45) is 0 Å². The molecule has 0 radical (unpaired) electrons. The van der Waals surface area contributed by atoms with E-state index in [1.165, 1.54) is 6.92 Å². The van der Waals surface area contributed by atoms with Crippen molar-refractivity contribution in [3.63, 3.8) is 0 Å². The summed E-state index contributed by atoms with van der Waals surface area (Å²) in [5.74, 6) is 0.644. The van der Waals surface area contributed by atoms with Gasteiger partial charge in [-0.2, -0.15) is 0 Å². The van der Waals surface area contributed by atoms with E-state index >= 15 is 0 Å². The number of ether oxygens (including phenoxy) is 1. The average molecular weight is 383 g/mol. The summed E-state index contributed by atoms with van der Waals surface area (Å²) in [5, 5.41) is 0. The molecule has 2 amide bonds. The van der Waals surface area contributed by atoms with E-state index in [0.29, 0.717) is 19.5 Å². The van der Waals surface area contributed by atoms with Crippen LogP contribution in [0.1, 0.15) is 31.9 Å². The SMILES string of the molecule is COc1ccccc1CCN(CC(=O)N(Cc1ccccc1)C(C)C)C(C)=O. The number of methoxy groups -OCH3 is 1. The molecule has 0 fully saturated rings. The van der Waals surface area contributed by atoms with Gasteiger partial charge in [-0.1, -0.05) is 48.5 Å². The number of hydrogen-bond acceptors (Lipinski definition) is 3. The van der Waals surface area contributed by atoms with Crippen LogP contribution < -0.4 is 4.74 Å². The fourth-order valence-electron chi connectivity index (χ4n) is 3.11. The van der Waals surface area contributed by atoms with E-state index in [9.17, 15) is 9.59 Å². The number of nitrogens with zero attached hydrogens (tertiary/aromatic N) is 2. The van der Waals surface area contributed by atoms with Gasteiger partial charge < -0.3 is 14.5 Å². The molecule has 0 N–H and O–H groups in total. The number of amides is 2. The van der Waals surface area contributed by atoms with E-state index in [0.717, 1.165) is 16.9 Å². The molecule has 0 atom stereocenters. The topological polar surface area (TPSA) is 49.9 Å². The van der Waals surface area contributed by atoms with Gasteiger partial charge in [-0.25, -0.2) is 0 Å². The van der Waals surface area contributed by atoms with Crippen molar-refractivity contribution < 1.29 is 14.3 Å². The molecular weight excluding hydrogens is 352 g/mol. The first-order valence-corrected chi connectivity index (χ1v) is 9.63. The highest BCUT2D eigenvalue weighted by atomic mass is 16.5. The van der Waals surface area contributed by atoms with Gasteiger partial charge in [0.25, 0.3) is 0 Å². The maximum atomic E-state index is 12.9. The highest BCUT2D eigenvalue weighted by Crippen LogP contribution is 2.18. The molecule has 0 aliphatic heterocycles. The van der Waals surface area contributed by atoms with Crippen molar-refractivity contribution in [3.05, 3.63) is 65.7 Å². The van der Waals surface area contributed by atoms with Gasteiger partial charge in [-0.3, -0.25) is 9.59 Å². The van der Waals surface area contributed by atoms with Crippen molar-refractivity contribution in [1.82, 2.24) is 9.80 Å². The summed E-state index contributed by atoms with van der Waals surface area (Å²) >= 11 is 0. The second-order valence-corrected chi connectivity index (χ2v) is 7.10. The van der Waals surface area contributed by atoms with Gasteiger partial charge in [0.2, 0.25) is 11.8 Å². The van der Waals surface area contributed by atoms with Crippen molar-refractivity contribution >= 4 is 11.8 Å². The third-order valence-electron chi connectivity index (χ3n) is 4.75. The molecule has 0 aliphatic rings. The quantitative estimate of drug-likeness (QED) is 0.667. The Morgan fingerprint density at radius 2 is 1.64 bits per heavy atom. The minimum Gasteiger partial charge on any atom is -0.496 e. The first-order chi connectivity index (χ1) is 13.4. The van der Waals surface area contributed by atoms with Gasteiger partial charge in [-0.05, 0) is 37.5 Å². The Morgan fingerprint density at radius 3 is 2.25 bits per heavy atom. The fraction of sp³-hybridized carbons (Fsp3) is 0.391. The Hall–Kier alpha value is -2.82. The summed E-state index contributed by atoms with van der Waals surface area (Å²) < 4.78 is 5.38. The Balaban J connectivity index is 2.04. The lowest BCUT2D eigenvalue weighted by molar-refractivity contribution is -0.141. The van der Waals surface area contributed by atoms with Crippen LogP contribution in [0.4, 0.5) is 0 Å². The molecule has 5 nitrogen and oxygen atoms in total. The third kappa shape index (κ3) is 6.12. The molecule has 28 heavy (non-hydrogen) atoms. The zero-order chi connectivity index (χ0) is 20.5. The van der Waals surface area contributed by atoms with Gasteiger partial charge in [0.15, 0.2) is 0 Å². The number of carbonyl (C=O) groups excluding carboxylic acids is 2. The minimum absolute atomic E-state index is 0.0471. The number of para-hydroxylation sites is 1. The van der Waals surface area contributed by atoms with Crippen molar-refractivity contribution in [3.8, 4) is 5.75 Å². The summed E-state index contributed by atoms with van der Waals surface area (Å²) in [5.41, 5.74) is 2.10. The van der Waals surface area contributed by atoms with Gasteiger partial charge in [0.05, 0.1) is 13.7 Å².